The summed E-state index contributed by atoms with van der Waals surface area (Å²) in [6, 6.07) is 13.5. The molecule has 2 saturated heterocycles. The number of rotatable bonds is 4. The van der Waals surface area contributed by atoms with Crippen LogP contribution >= 0.6 is 11.3 Å². The van der Waals surface area contributed by atoms with Crippen LogP contribution in [0.25, 0.3) is 10.2 Å². The first-order valence-electron chi connectivity index (χ1n) is 8.65. The van der Waals surface area contributed by atoms with E-state index in [0.29, 0.717) is 12.1 Å². The second-order valence-electron chi connectivity index (χ2n) is 6.78. The predicted molar refractivity (Wildman–Crippen MR) is 100 cm³/mol. The summed E-state index contributed by atoms with van der Waals surface area (Å²) in [7, 11) is 1.70. The Balaban J connectivity index is 1.33. The number of ether oxygens (including phenoxy) is 1. The molecule has 0 amide bonds. The number of likely N-dealkylation sites (tertiary alicyclic amines) is 1. The number of methoxy groups -OCH3 is 1. The minimum atomic E-state index is 0.566. The van der Waals surface area contributed by atoms with Crippen LogP contribution in [0.1, 0.15) is 12.1 Å². The molecule has 2 aromatic heterocycles. The van der Waals surface area contributed by atoms with Gasteiger partial charge < -0.3 is 9.64 Å². The molecule has 1 aromatic carbocycles. The molecule has 2 atom stereocenters. The van der Waals surface area contributed by atoms with E-state index in [-0.39, 0.29) is 0 Å². The fraction of sp³-hybridized carbons (Fsp3) is 0.368. The highest BCUT2D eigenvalue weighted by Crippen LogP contribution is 2.39. The molecule has 0 N–H and O–H groups in total. The Labute approximate surface area is 150 Å². The molecular weight excluding hydrogens is 332 g/mol. The Morgan fingerprint density at radius 2 is 2.16 bits per heavy atom. The molecular formula is C19H20N4OS. The average Bonchev–Trinajstić information content (AvgIpc) is 3.35. The fourth-order valence-corrected chi connectivity index (χ4v) is 5.05. The van der Waals surface area contributed by atoms with Crippen molar-refractivity contribution in [1.82, 2.24) is 14.9 Å². The fourth-order valence-electron chi connectivity index (χ4n) is 4.02. The monoisotopic (exact) mass is 352 g/mol. The Bertz CT molecular complexity index is 897. The Morgan fingerprint density at radius 1 is 1.20 bits per heavy atom. The maximum atomic E-state index is 5.32. The van der Waals surface area contributed by atoms with Gasteiger partial charge in [-0.1, -0.05) is 17.4 Å². The maximum absolute atomic E-state index is 5.32. The smallest absolute Gasteiger partial charge is 0.186 e. The third-order valence-electron chi connectivity index (χ3n) is 5.27. The van der Waals surface area contributed by atoms with Crippen molar-refractivity contribution in [3.8, 4) is 5.75 Å². The SMILES string of the molecule is COc1ccc2sc(N3CC4CC3CN4Cc3ccccn3)nc2c1. The van der Waals surface area contributed by atoms with Crippen molar-refractivity contribution in [1.29, 1.82) is 0 Å². The zero-order valence-electron chi connectivity index (χ0n) is 14.1. The normalized spacial score (nSPS) is 22.8. The lowest BCUT2D eigenvalue weighted by atomic mass is 10.2. The number of pyridine rings is 1. The Kier molecular flexibility index (Phi) is 3.60. The molecule has 2 aliphatic rings. The van der Waals surface area contributed by atoms with Gasteiger partial charge in [-0.15, -0.1) is 0 Å². The summed E-state index contributed by atoms with van der Waals surface area (Å²) in [6.07, 6.45) is 3.11. The van der Waals surface area contributed by atoms with Gasteiger partial charge in [0.1, 0.15) is 5.75 Å². The van der Waals surface area contributed by atoms with Crippen LogP contribution in [0.4, 0.5) is 5.13 Å². The van der Waals surface area contributed by atoms with E-state index >= 15 is 0 Å². The van der Waals surface area contributed by atoms with Crippen LogP contribution < -0.4 is 9.64 Å². The molecule has 5 rings (SSSR count). The summed E-state index contributed by atoms with van der Waals surface area (Å²) < 4.78 is 6.54. The standard InChI is InChI=1S/C19H20N4OS/c1-24-16-5-6-18-17(9-16)21-19(25-18)23-12-14-8-15(23)11-22(14)10-13-4-2-3-7-20-13/h2-7,9,14-15H,8,10-12H2,1H3. The highest BCUT2D eigenvalue weighted by atomic mass is 32.1. The molecule has 0 radical (unpaired) electrons. The zero-order valence-corrected chi connectivity index (χ0v) is 14.9. The molecule has 0 aliphatic carbocycles. The summed E-state index contributed by atoms with van der Waals surface area (Å²) in [4.78, 5) is 14.4. The van der Waals surface area contributed by atoms with Gasteiger partial charge in [0.25, 0.3) is 0 Å². The molecule has 6 heteroatoms. The van der Waals surface area contributed by atoms with E-state index in [1.54, 1.807) is 18.4 Å². The second-order valence-corrected chi connectivity index (χ2v) is 7.79. The third kappa shape index (κ3) is 2.65. The molecule has 2 aliphatic heterocycles. The van der Waals surface area contributed by atoms with Crippen LogP contribution in [0.2, 0.25) is 0 Å². The van der Waals surface area contributed by atoms with Crippen molar-refractivity contribution in [2.75, 3.05) is 25.1 Å². The first kappa shape index (κ1) is 15.1. The molecule has 3 aromatic rings. The highest BCUT2D eigenvalue weighted by molar-refractivity contribution is 7.22. The molecule has 2 bridgehead atoms. The quantitative estimate of drug-likeness (QED) is 0.721. The van der Waals surface area contributed by atoms with Crippen LogP contribution in [-0.2, 0) is 6.54 Å². The van der Waals surface area contributed by atoms with Crippen molar-refractivity contribution in [2.45, 2.75) is 25.0 Å². The largest absolute Gasteiger partial charge is 0.497 e. The third-order valence-corrected chi connectivity index (χ3v) is 6.35. The zero-order chi connectivity index (χ0) is 16.8. The molecule has 128 valence electrons. The first-order chi connectivity index (χ1) is 12.3. The van der Waals surface area contributed by atoms with E-state index < -0.39 is 0 Å². The van der Waals surface area contributed by atoms with Crippen molar-refractivity contribution >= 4 is 26.7 Å². The highest BCUT2D eigenvalue weighted by Gasteiger charge is 2.44. The number of benzene rings is 1. The van der Waals surface area contributed by atoms with Gasteiger partial charge in [0.15, 0.2) is 5.13 Å². The molecule has 2 unspecified atom stereocenters. The number of piperazine rings is 1. The minimum absolute atomic E-state index is 0.566. The molecule has 25 heavy (non-hydrogen) atoms. The van der Waals surface area contributed by atoms with Crippen molar-refractivity contribution in [2.24, 2.45) is 0 Å². The maximum Gasteiger partial charge on any atom is 0.186 e. The molecule has 0 spiro atoms. The summed E-state index contributed by atoms with van der Waals surface area (Å²) in [5.41, 5.74) is 2.20. The van der Waals surface area contributed by atoms with E-state index in [1.165, 1.54) is 11.1 Å². The van der Waals surface area contributed by atoms with Crippen molar-refractivity contribution < 1.29 is 4.74 Å². The number of hydrogen-bond donors (Lipinski definition) is 0. The molecule has 5 nitrogen and oxygen atoms in total. The first-order valence-corrected chi connectivity index (χ1v) is 9.47. The lowest BCUT2D eigenvalue weighted by Gasteiger charge is -2.33. The second kappa shape index (κ2) is 5.97. The summed E-state index contributed by atoms with van der Waals surface area (Å²) >= 11 is 1.79. The van der Waals surface area contributed by atoms with Gasteiger partial charge in [-0.2, -0.15) is 0 Å². The topological polar surface area (TPSA) is 41.5 Å². The van der Waals surface area contributed by atoms with E-state index in [9.17, 15) is 0 Å². The Morgan fingerprint density at radius 3 is 2.92 bits per heavy atom. The lowest BCUT2D eigenvalue weighted by Crippen LogP contribution is -2.46. The minimum Gasteiger partial charge on any atom is -0.497 e. The Hall–Kier alpha value is -2.18. The van der Waals surface area contributed by atoms with Gasteiger partial charge in [-0.3, -0.25) is 9.88 Å². The molecule has 0 saturated carbocycles. The number of fused-ring (bicyclic) bond motifs is 3. The van der Waals surface area contributed by atoms with Crippen LogP contribution in [0.15, 0.2) is 42.6 Å². The van der Waals surface area contributed by atoms with E-state index in [4.69, 9.17) is 9.72 Å². The van der Waals surface area contributed by atoms with Crippen molar-refractivity contribution in [3.63, 3.8) is 0 Å². The number of thiazole rings is 1. The van der Waals surface area contributed by atoms with E-state index in [2.05, 4.69) is 33.0 Å². The van der Waals surface area contributed by atoms with Gasteiger partial charge in [0.05, 0.1) is 23.0 Å². The van der Waals surface area contributed by atoms with E-state index in [0.717, 1.165) is 41.7 Å². The summed E-state index contributed by atoms with van der Waals surface area (Å²) in [5.74, 6) is 0.869. The van der Waals surface area contributed by atoms with Gasteiger partial charge in [-0.05, 0) is 30.7 Å². The number of anilines is 1. The van der Waals surface area contributed by atoms with Gasteiger partial charge in [-0.25, -0.2) is 4.98 Å². The molecule has 4 heterocycles. The van der Waals surface area contributed by atoms with Gasteiger partial charge in [0, 0.05) is 44.0 Å². The van der Waals surface area contributed by atoms with Crippen molar-refractivity contribution in [3.05, 3.63) is 48.3 Å². The van der Waals surface area contributed by atoms with Crippen LogP contribution in [-0.4, -0.2) is 47.2 Å². The van der Waals surface area contributed by atoms with Crippen LogP contribution in [0.5, 0.6) is 5.75 Å². The van der Waals surface area contributed by atoms with Gasteiger partial charge in [0.2, 0.25) is 0 Å². The molecule has 2 fully saturated rings. The van der Waals surface area contributed by atoms with Crippen LogP contribution in [0, 0.1) is 0 Å². The summed E-state index contributed by atoms with van der Waals surface area (Å²) in [6.45, 7) is 3.11. The number of hydrogen-bond acceptors (Lipinski definition) is 6. The average molecular weight is 352 g/mol. The predicted octanol–water partition coefficient (Wildman–Crippen LogP) is 3.16. The van der Waals surface area contributed by atoms with E-state index in [1.807, 2.05) is 24.4 Å². The summed E-state index contributed by atoms with van der Waals surface area (Å²) in [5, 5.41) is 1.15. The van der Waals surface area contributed by atoms with Gasteiger partial charge >= 0.3 is 0 Å². The number of aromatic nitrogens is 2. The lowest BCUT2D eigenvalue weighted by molar-refractivity contribution is 0.228. The number of nitrogens with zero attached hydrogens (tertiary/aromatic N) is 4. The van der Waals surface area contributed by atoms with Crippen LogP contribution in [0.3, 0.4) is 0 Å².